The molecule has 1 unspecified atom stereocenters. The second-order valence-electron chi connectivity index (χ2n) is 6.58. The van der Waals surface area contributed by atoms with Gasteiger partial charge < -0.3 is 19.6 Å². The van der Waals surface area contributed by atoms with E-state index in [-0.39, 0.29) is 12.3 Å². The lowest BCUT2D eigenvalue weighted by Crippen LogP contribution is -2.34. The molecule has 146 valence electrons. The Morgan fingerprint density at radius 2 is 1.86 bits per heavy atom. The standard InChI is InChI=1S/C22H23NO5/c1-3-27-17-10-8-15(9-11-17)12-16(22(25)26)13-23-21(24)20-14(2)18-6-4-5-7-19(18)28-20/h4-11,16H,3,12-13H2,1-2H3,(H,23,24)(H,25,26). The maximum Gasteiger partial charge on any atom is 0.308 e. The number of fused-ring (bicyclic) bond motifs is 1. The average Bonchev–Trinajstić information content (AvgIpc) is 3.03. The zero-order valence-electron chi connectivity index (χ0n) is 15.9. The van der Waals surface area contributed by atoms with Crippen LogP contribution in [-0.2, 0) is 11.2 Å². The van der Waals surface area contributed by atoms with Crippen LogP contribution in [0.3, 0.4) is 0 Å². The van der Waals surface area contributed by atoms with Crippen LogP contribution in [0.5, 0.6) is 5.75 Å². The largest absolute Gasteiger partial charge is 0.494 e. The summed E-state index contributed by atoms with van der Waals surface area (Å²) in [7, 11) is 0. The molecule has 0 radical (unpaired) electrons. The lowest BCUT2D eigenvalue weighted by molar-refractivity contribution is -0.141. The number of carbonyl (C=O) groups excluding carboxylic acids is 1. The molecule has 0 aliphatic rings. The molecule has 2 aromatic carbocycles. The van der Waals surface area contributed by atoms with Crippen molar-refractivity contribution in [3.63, 3.8) is 0 Å². The first-order valence-electron chi connectivity index (χ1n) is 9.20. The Morgan fingerprint density at radius 3 is 2.50 bits per heavy atom. The number of carboxylic acid groups (broad SMARTS) is 1. The molecular weight excluding hydrogens is 358 g/mol. The van der Waals surface area contributed by atoms with E-state index in [4.69, 9.17) is 9.15 Å². The highest BCUT2D eigenvalue weighted by atomic mass is 16.5. The minimum absolute atomic E-state index is 0.0118. The number of benzene rings is 2. The van der Waals surface area contributed by atoms with Gasteiger partial charge in [-0.15, -0.1) is 0 Å². The number of hydrogen-bond donors (Lipinski definition) is 2. The van der Waals surface area contributed by atoms with Crippen LogP contribution < -0.4 is 10.1 Å². The van der Waals surface area contributed by atoms with Gasteiger partial charge in [0.25, 0.3) is 5.91 Å². The molecule has 3 aromatic rings. The predicted octanol–water partition coefficient (Wildman–Crippen LogP) is 3.81. The number of para-hydroxylation sites is 1. The molecule has 2 N–H and O–H groups in total. The summed E-state index contributed by atoms with van der Waals surface area (Å²) in [6.07, 6.45) is 0.307. The van der Waals surface area contributed by atoms with Crippen LogP contribution in [0.2, 0.25) is 0 Å². The monoisotopic (exact) mass is 381 g/mol. The normalized spacial score (nSPS) is 11.9. The number of carboxylic acids is 1. The first-order valence-corrected chi connectivity index (χ1v) is 9.20. The Bertz CT molecular complexity index is 974. The summed E-state index contributed by atoms with van der Waals surface area (Å²) in [5.41, 5.74) is 2.24. The van der Waals surface area contributed by atoms with Gasteiger partial charge in [-0.25, -0.2) is 0 Å². The number of nitrogens with one attached hydrogen (secondary N) is 1. The molecule has 6 heteroatoms. The van der Waals surface area contributed by atoms with E-state index in [0.717, 1.165) is 22.3 Å². The van der Waals surface area contributed by atoms with Gasteiger partial charge >= 0.3 is 5.97 Å². The van der Waals surface area contributed by atoms with Crippen LogP contribution in [0.4, 0.5) is 0 Å². The molecule has 0 aliphatic heterocycles. The lowest BCUT2D eigenvalue weighted by atomic mass is 9.99. The summed E-state index contributed by atoms with van der Waals surface area (Å²) in [5, 5.41) is 13.1. The zero-order chi connectivity index (χ0) is 20.1. The van der Waals surface area contributed by atoms with Crippen molar-refractivity contribution in [2.45, 2.75) is 20.3 Å². The molecule has 0 spiro atoms. The first kappa shape index (κ1) is 19.5. The van der Waals surface area contributed by atoms with Gasteiger partial charge in [0, 0.05) is 17.5 Å². The van der Waals surface area contributed by atoms with Crippen molar-refractivity contribution in [2.75, 3.05) is 13.2 Å². The molecular formula is C22H23NO5. The molecule has 1 heterocycles. The van der Waals surface area contributed by atoms with Crippen molar-refractivity contribution in [1.82, 2.24) is 5.32 Å². The van der Waals surface area contributed by atoms with E-state index in [1.807, 2.05) is 56.3 Å². The smallest absolute Gasteiger partial charge is 0.308 e. The third-order valence-corrected chi connectivity index (χ3v) is 4.62. The van der Waals surface area contributed by atoms with E-state index in [1.54, 1.807) is 6.07 Å². The van der Waals surface area contributed by atoms with Gasteiger partial charge in [0.15, 0.2) is 5.76 Å². The summed E-state index contributed by atoms with van der Waals surface area (Å²) in [6, 6.07) is 14.7. The maximum atomic E-state index is 12.5. The van der Waals surface area contributed by atoms with E-state index in [1.165, 1.54) is 0 Å². The molecule has 0 bridgehead atoms. The quantitative estimate of drug-likeness (QED) is 0.619. The Labute approximate surface area is 163 Å². The van der Waals surface area contributed by atoms with Crippen LogP contribution in [0, 0.1) is 12.8 Å². The summed E-state index contributed by atoms with van der Waals surface area (Å²) < 4.78 is 11.0. The van der Waals surface area contributed by atoms with Gasteiger partial charge in [0.05, 0.1) is 12.5 Å². The third-order valence-electron chi connectivity index (χ3n) is 4.62. The first-order chi connectivity index (χ1) is 13.5. The second-order valence-corrected chi connectivity index (χ2v) is 6.58. The van der Waals surface area contributed by atoms with Crippen molar-refractivity contribution in [1.29, 1.82) is 0 Å². The maximum absolute atomic E-state index is 12.5. The van der Waals surface area contributed by atoms with Gasteiger partial charge in [0.2, 0.25) is 0 Å². The Hall–Kier alpha value is -3.28. The highest BCUT2D eigenvalue weighted by Gasteiger charge is 2.22. The van der Waals surface area contributed by atoms with Crippen molar-refractivity contribution < 1.29 is 23.8 Å². The summed E-state index contributed by atoms with van der Waals surface area (Å²) in [4.78, 5) is 24.1. The number of rotatable bonds is 8. The molecule has 0 aliphatic carbocycles. The Balaban J connectivity index is 1.66. The molecule has 0 fully saturated rings. The Kier molecular flexibility index (Phi) is 5.99. The highest BCUT2D eigenvalue weighted by molar-refractivity contribution is 5.99. The van der Waals surface area contributed by atoms with Gasteiger partial charge in [-0.3, -0.25) is 9.59 Å². The van der Waals surface area contributed by atoms with Crippen molar-refractivity contribution in [3.8, 4) is 5.75 Å². The van der Waals surface area contributed by atoms with Crippen LogP contribution in [-0.4, -0.2) is 30.1 Å². The van der Waals surface area contributed by atoms with E-state index in [2.05, 4.69) is 5.32 Å². The summed E-state index contributed by atoms with van der Waals surface area (Å²) in [6.45, 7) is 4.30. The van der Waals surface area contributed by atoms with E-state index >= 15 is 0 Å². The fourth-order valence-electron chi connectivity index (χ4n) is 3.11. The summed E-state index contributed by atoms with van der Waals surface area (Å²) in [5.74, 6) is -1.16. The topological polar surface area (TPSA) is 88.8 Å². The highest BCUT2D eigenvalue weighted by Crippen LogP contribution is 2.24. The van der Waals surface area contributed by atoms with E-state index in [9.17, 15) is 14.7 Å². The molecule has 1 amide bonds. The number of carbonyl (C=O) groups is 2. The number of aliphatic carboxylic acids is 1. The van der Waals surface area contributed by atoms with E-state index in [0.29, 0.717) is 18.6 Å². The third kappa shape index (κ3) is 4.34. The van der Waals surface area contributed by atoms with Crippen LogP contribution in [0.25, 0.3) is 11.0 Å². The van der Waals surface area contributed by atoms with Gasteiger partial charge in [-0.05, 0) is 44.0 Å². The van der Waals surface area contributed by atoms with E-state index < -0.39 is 17.8 Å². The van der Waals surface area contributed by atoms with Crippen LogP contribution in [0.1, 0.15) is 28.6 Å². The minimum atomic E-state index is -0.962. The van der Waals surface area contributed by atoms with Crippen LogP contribution in [0.15, 0.2) is 52.9 Å². The number of furan rings is 1. The fraction of sp³-hybridized carbons (Fsp3) is 0.273. The number of ether oxygens (including phenoxy) is 1. The minimum Gasteiger partial charge on any atom is -0.494 e. The molecule has 3 rings (SSSR count). The van der Waals surface area contributed by atoms with Crippen molar-refractivity contribution in [2.24, 2.45) is 5.92 Å². The Morgan fingerprint density at radius 1 is 1.14 bits per heavy atom. The molecule has 0 saturated heterocycles. The van der Waals surface area contributed by atoms with Gasteiger partial charge in [-0.2, -0.15) is 0 Å². The molecule has 1 aromatic heterocycles. The molecule has 6 nitrogen and oxygen atoms in total. The fourth-order valence-corrected chi connectivity index (χ4v) is 3.11. The van der Waals surface area contributed by atoms with Gasteiger partial charge in [0.1, 0.15) is 11.3 Å². The zero-order valence-corrected chi connectivity index (χ0v) is 15.9. The second kappa shape index (κ2) is 8.61. The average molecular weight is 381 g/mol. The van der Waals surface area contributed by atoms with Gasteiger partial charge in [-0.1, -0.05) is 30.3 Å². The SMILES string of the molecule is CCOc1ccc(CC(CNC(=O)c2oc3ccccc3c2C)C(=O)O)cc1. The molecule has 28 heavy (non-hydrogen) atoms. The lowest BCUT2D eigenvalue weighted by Gasteiger charge is -2.13. The summed E-state index contributed by atoms with van der Waals surface area (Å²) >= 11 is 0. The van der Waals surface area contributed by atoms with Crippen LogP contribution >= 0.6 is 0 Å². The number of hydrogen-bond acceptors (Lipinski definition) is 4. The number of amides is 1. The molecule has 0 saturated carbocycles. The van der Waals surface area contributed by atoms with Crippen molar-refractivity contribution in [3.05, 3.63) is 65.4 Å². The molecule has 1 atom stereocenters. The van der Waals surface area contributed by atoms with Crippen molar-refractivity contribution >= 4 is 22.8 Å². The number of aryl methyl sites for hydroxylation is 1. The predicted molar refractivity (Wildman–Crippen MR) is 106 cm³/mol.